The van der Waals surface area contributed by atoms with Crippen LogP contribution in [0.25, 0.3) is 21.3 Å². The van der Waals surface area contributed by atoms with Crippen molar-refractivity contribution in [2.24, 2.45) is 0 Å². The fraction of sp³-hybridized carbons (Fsp3) is 0.483. The largest absolute Gasteiger partial charge is 0.490 e. The maximum absolute atomic E-state index is 15.8. The Morgan fingerprint density at radius 2 is 1.81 bits per heavy atom. The SMILES string of the molecule is CC(C)(C)OC(=O)Nc1nc2c(-c3c(F)cc4c(c3Cl)OCC3CN(C(=O)OC(C)(C)C)CCN3C4)ccc(F)c2s1. The minimum atomic E-state index is -0.743. The van der Waals surface area contributed by atoms with Crippen LogP contribution in [0.1, 0.15) is 47.1 Å². The van der Waals surface area contributed by atoms with Crippen LogP contribution in [-0.4, -0.2) is 70.5 Å². The molecule has 3 aromatic rings. The Bertz CT molecular complexity index is 1550. The highest BCUT2D eigenvalue weighted by Crippen LogP contribution is 2.45. The van der Waals surface area contributed by atoms with Crippen molar-refractivity contribution in [1.29, 1.82) is 0 Å². The molecule has 0 saturated carbocycles. The summed E-state index contributed by atoms with van der Waals surface area (Å²) >= 11 is 7.72. The Morgan fingerprint density at radius 1 is 1.10 bits per heavy atom. The van der Waals surface area contributed by atoms with E-state index < -0.39 is 28.9 Å². The van der Waals surface area contributed by atoms with Crippen molar-refractivity contribution in [3.8, 4) is 16.9 Å². The quantitative estimate of drug-likeness (QED) is 0.327. The van der Waals surface area contributed by atoms with Crippen LogP contribution in [0.4, 0.5) is 23.5 Å². The maximum Gasteiger partial charge on any atom is 0.413 e. The van der Waals surface area contributed by atoms with E-state index in [9.17, 15) is 14.0 Å². The van der Waals surface area contributed by atoms with Gasteiger partial charge in [-0.05, 0) is 59.7 Å². The first-order valence-corrected chi connectivity index (χ1v) is 14.7. The van der Waals surface area contributed by atoms with Gasteiger partial charge in [0.2, 0.25) is 0 Å². The topological polar surface area (TPSA) is 93.2 Å². The Hall–Kier alpha value is -3.22. The molecule has 0 aliphatic carbocycles. The number of nitrogens with one attached hydrogen (secondary N) is 1. The number of piperazine rings is 1. The van der Waals surface area contributed by atoms with E-state index in [4.69, 9.17) is 25.8 Å². The van der Waals surface area contributed by atoms with E-state index in [0.29, 0.717) is 37.5 Å². The summed E-state index contributed by atoms with van der Waals surface area (Å²) in [7, 11) is 0. The molecule has 5 rings (SSSR count). The van der Waals surface area contributed by atoms with E-state index in [1.54, 1.807) is 25.7 Å². The van der Waals surface area contributed by atoms with Gasteiger partial charge in [0, 0.05) is 42.9 Å². The normalized spacial score (nSPS) is 17.6. The molecule has 1 aromatic heterocycles. The number of rotatable bonds is 2. The number of thiazole rings is 1. The minimum absolute atomic E-state index is 0.0183. The summed E-state index contributed by atoms with van der Waals surface area (Å²) in [5.41, 5.74) is -0.361. The van der Waals surface area contributed by atoms with Crippen LogP contribution in [0.5, 0.6) is 5.75 Å². The van der Waals surface area contributed by atoms with E-state index in [0.717, 1.165) is 11.3 Å². The number of carbonyl (C=O) groups is 2. The predicted octanol–water partition coefficient (Wildman–Crippen LogP) is 7.06. The second kappa shape index (κ2) is 11.1. The molecule has 0 bridgehead atoms. The number of nitrogens with zero attached hydrogens (tertiary/aromatic N) is 3. The first-order chi connectivity index (χ1) is 19.6. The number of hydrogen-bond donors (Lipinski definition) is 1. The summed E-state index contributed by atoms with van der Waals surface area (Å²) in [6.45, 7) is 12.6. The second-order valence-corrected chi connectivity index (χ2v) is 13.7. The van der Waals surface area contributed by atoms with Gasteiger partial charge < -0.3 is 19.1 Å². The Kier molecular flexibility index (Phi) is 8.01. The lowest BCUT2D eigenvalue weighted by Gasteiger charge is -2.40. The Morgan fingerprint density at radius 3 is 2.50 bits per heavy atom. The first kappa shape index (κ1) is 30.2. The summed E-state index contributed by atoms with van der Waals surface area (Å²) in [4.78, 5) is 33.1. The molecule has 226 valence electrons. The Balaban J connectivity index is 1.44. The van der Waals surface area contributed by atoms with E-state index in [1.807, 2.05) is 20.8 Å². The standard InChI is InChI=1S/C29H33ClF2N4O5S/c1-28(2,3)40-26(37)34-25-33-22-17(7-8-18(31)24(22)42-25)20-19(32)11-15-12-35-9-10-36(27(38)41-29(4,5)6)13-16(35)14-39-23(15)21(20)30/h7-8,11,16H,9-10,12-14H2,1-6H3,(H,33,34,37). The van der Waals surface area contributed by atoms with Crippen molar-refractivity contribution < 1.29 is 32.6 Å². The second-order valence-electron chi connectivity index (χ2n) is 12.3. The van der Waals surface area contributed by atoms with Gasteiger partial charge in [0.05, 0.1) is 21.3 Å². The third-order valence-corrected chi connectivity index (χ3v) is 8.01. The lowest BCUT2D eigenvalue weighted by Crippen LogP contribution is -2.56. The third kappa shape index (κ3) is 6.40. The molecule has 1 unspecified atom stereocenters. The summed E-state index contributed by atoms with van der Waals surface area (Å²) in [5.74, 6) is -0.862. The molecule has 1 fully saturated rings. The zero-order valence-electron chi connectivity index (χ0n) is 24.3. The first-order valence-electron chi connectivity index (χ1n) is 13.5. The third-order valence-electron chi connectivity index (χ3n) is 6.67. The van der Waals surface area contributed by atoms with Crippen molar-refractivity contribution in [2.45, 2.75) is 65.3 Å². The molecule has 1 atom stereocenters. The van der Waals surface area contributed by atoms with E-state index in [2.05, 4.69) is 15.2 Å². The number of carbonyl (C=O) groups excluding carboxylic acids is 2. The van der Waals surface area contributed by atoms with Crippen molar-refractivity contribution >= 4 is 50.5 Å². The maximum atomic E-state index is 15.8. The summed E-state index contributed by atoms with van der Waals surface area (Å²) < 4.78 is 47.7. The molecule has 3 heterocycles. The molecule has 2 amide bonds. The van der Waals surface area contributed by atoms with Gasteiger partial charge in [-0.25, -0.2) is 23.4 Å². The molecule has 0 radical (unpaired) electrons. The van der Waals surface area contributed by atoms with Gasteiger partial charge in [0.1, 0.15) is 35.2 Å². The van der Waals surface area contributed by atoms with Crippen LogP contribution < -0.4 is 10.1 Å². The van der Waals surface area contributed by atoms with E-state index in [-0.39, 0.29) is 50.2 Å². The van der Waals surface area contributed by atoms with Crippen molar-refractivity contribution in [1.82, 2.24) is 14.8 Å². The van der Waals surface area contributed by atoms with Crippen LogP contribution in [-0.2, 0) is 16.0 Å². The van der Waals surface area contributed by atoms with Gasteiger partial charge in [-0.1, -0.05) is 22.9 Å². The van der Waals surface area contributed by atoms with Crippen LogP contribution in [0.3, 0.4) is 0 Å². The summed E-state index contributed by atoms with van der Waals surface area (Å²) in [6.07, 6.45) is -1.13. The van der Waals surface area contributed by atoms with Crippen molar-refractivity contribution in [3.63, 3.8) is 0 Å². The lowest BCUT2D eigenvalue weighted by molar-refractivity contribution is -0.00155. The Labute approximate surface area is 251 Å². The van der Waals surface area contributed by atoms with Crippen molar-refractivity contribution in [2.75, 3.05) is 31.6 Å². The van der Waals surface area contributed by atoms with Gasteiger partial charge in [-0.2, -0.15) is 0 Å². The lowest BCUT2D eigenvalue weighted by atomic mass is 10.0. The van der Waals surface area contributed by atoms with Gasteiger partial charge >= 0.3 is 12.2 Å². The average molecular weight is 623 g/mol. The number of ether oxygens (including phenoxy) is 3. The van der Waals surface area contributed by atoms with Gasteiger partial charge in [0.15, 0.2) is 5.13 Å². The highest BCUT2D eigenvalue weighted by Gasteiger charge is 2.36. The van der Waals surface area contributed by atoms with Gasteiger partial charge in [0.25, 0.3) is 0 Å². The minimum Gasteiger partial charge on any atom is -0.490 e. The fourth-order valence-corrected chi connectivity index (χ4v) is 6.19. The number of benzene rings is 2. The predicted molar refractivity (Wildman–Crippen MR) is 157 cm³/mol. The highest BCUT2D eigenvalue weighted by atomic mass is 35.5. The molecule has 13 heteroatoms. The van der Waals surface area contributed by atoms with Crippen molar-refractivity contribution in [3.05, 3.63) is 40.4 Å². The molecular formula is C29H33ClF2N4O5S. The molecular weight excluding hydrogens is 590 g/mol. The number of halogens is 3. The smallest absolute Gasteiger partial charge is 0.413 e. The zero-order chi connectivity index (χ0) is 30.6. The van der Waals surface area contributed by atoms with Crippen LogP contribution in [0, 0.1) is 11.6 Å². The molecule has 1 saturated heterocycles. The number of fused-ring (bicyclic) bond motifs is 3. The fourth-order valence-electron chi connectivity index (χ4n) is 4.94. The molecule has 2 aromatic carbocycles. The average Bonchev–Trinajstić information content (AvgIpc) is 3.18. The van der Waals surface area contributed by atoms with Crippen LogP contribution in [0.2, 0.25) is 5.02 Å². The van der Waals surface area contributed by atoms with Gasteiger partial charge in [-0.15, -0.1) is 0 Å². The summed E-state index contributed by atoms with van der Waals surface area (Å²) in [5, 5.41) is 2.65. The van der Waals surface area contributed by atoms with Crippen LogP contribution >= 0.6 is 22.9 Å². The number of anilines is 1. The van der Waals surface area contributed by atoms with E-state index >= 15 is 4.39 Å². The highest BCUT2D eigenvalue weighted by molar-refractivity contribution is 7.22. The van der Waals surface area contributed by atoms with E-state index in [1.165, 1.54) is 18.2 Å². The number of amides is 2. The molecule has 1 N–H and O–H groups in total. The molecule has 9 nitrogen and oxygen atoms in total. The molecule has 2 aliphatic rings. The number of aromatic nitrogens is 1. The molecule has 0 spiro atoms. The van der Waals surface area contributed by atoms with Crippen LogP contribution in [0.15, 0.2) is 18.2 Å². The zero-order valence-corrected chi connectivity index (χ0v) is 25.8. The van der Waals surface area contributed by atoms with Gasteiger partial charge in [-0.3, -0.25) is 10.2 Å². The molecule has 2 aliphatic heterocycles. The molecule has 42 heavy (non-hydrogen) atoms. The number of hydrogen-bond acceptors (Lipinski definition) is 8. The monoisotopic (exact) mass is 622 g/mol. The summed E-state index contributed by atoms with van der Waals surface area (Å²) in [6, 6.07) is 3.84.